The molecule has 0 spiro atoms. The molecule has 2 aromatic rings. The van der Waals surface area contributed by atoms with Gasteiger partial charge in [0.2, 0.25) is 5.91 Å². The van der Waals surface area contributed by atoms with Crippen molar-refractivity contribution >= 4 is 27.5 Å². The normalized spacial score (nSPS) is 15.8. The molecular formula is C19H21BrN2O. The van der Waals surface area contributed by atoms with E-state index in [4.69, 9.17) is 0 Å². The van der Waals surface area contributed by atoms with Gasteiger partial charge in [0.1, 0.15) is 0 Å². The number of anilines is 1. The lowest BCUT2D eigenvalue weighted by molar-refractivity contribution is -0.121. The Kier molecular flexibility index (Phi) is 4.83. The highest BCUT2D eigenvalue weighted by Crippen LogP contribution is 2.25. The van der Waals surface area contributed by atoms with Gasteiger partial charge in [0, 0.05) is 17.6 Å². The lowest BCUT2D eigenvalue weighted by atomic mass is 9.99. The molecule has 3 rings (SSSR count). The maximum absolute atomic E-state index is 12.6. The molecule has 1 aliphatic rings. The molecule has 1 amide bonds. The van der Waals surface area contributed by atoms with Crippen molar-refractivity contribution in [3.63, 3.8) is 0 Å². The monoisotopic (exact) mass is 372 g/mol. The second-order valence-corrected chi connectivity index (χ2v) is 6.99. The smallest absolute Gasteiger partial charge is 0.241 e. The van der Waals surface area contributed by atoms with Gasteiger partial charge in [-0.2, -0.15) is 0 Å². The third-order valence-electron chi connectivity index (χ3n) is 4.47. The Morgan fingerprint density at radius 2 is 1.96 bits per heavy atom. The molecule has 0 bridgehead atoms. The molecule has 3 nitrogen and oxygen atoms in total. The zero-order valence-electron chi connectivity index (χ0n) is 13.5. The third-order valence-corrected chi connectivity index (χ3v) is 5.13. The maximum atomic E-state index is 12.6. The fourth-order valence-corrected chi connectivity index (χ4v) is 3.57. The molecule has 120 valence electrons. The van der Waals surface area contributed by atoms with Crippen LogP contribution in [0.5, 0.6) is 0 Å². The second-order valence-electron chi connectivity index (χ2n) is 6.14. The van der Waals surface area contributed by atoms with Gasteiger partial charge in [0.25, 0.3) is 0 Å². The molecule has 23 heavy (non-hydrogen) atoms. The molecule has 1 atom stereocenters. The highest BCUT2D eigenvalue weighted by atomic mass is 79.9. The Bertz CT molecular complexity index is 729. The molecule has 1 N–H and O–H groups in total. The number of nitrogens with zero attached hydrogens (tertiary/aromatic N) is 1. The number of carbonyl (C=O) groups excluding carboxylic acids is 1. The molecule has 0 saturated heterocycles. The summed E-state index contributed by atoms with van der Waals surface area (Å²) in [5.41, 5.74) is 4.72. The Labute approximate surface area is 145 Å². The summed E-state index contributed by atoms with van der Waals surface area (Å²) in [4.78, 5) is 14.8. The molecule has 1 aliphatic heterocycles. The second kappa shape index (κ2) is 6.85. The predicted octanol–water partition coefficient (Wildman–Crippen LogP) is 4.14. The summed E-state index contributed by atoms with van der Waals surface area (Å²) in [6.07, 6.45) is 1.00. The largest absolute Gasteiger partial charge is 0.324 e. The van der Waals surface area contributed by atoms with E-state index in [1.54, 1.807) is 0 Å². The summed E-state index contributed by atoms with van der Waals surface area (Å²) in [7, 11) is 0. The van der Waals surface area contributed by atoms with Crippen LogP contribution in [-0.4, -0.2) is 23.4 Å². The quantitative estimate of drug-likeness (QED) is 0.877. The van der Waals surface area contributed by atoms with Crippen LogP contribution in [-0.2, 0) is 17.8 Å². The van der Waals surface area contributed by atoms with Gasteiger partial charge in [-0.25, -0.2) is 0 Å². The number of hydrogen-bond acceptors (Lipinski definition) is 2. The SMILES string of the molecule is Cc1ccc(NC(=O)[C@@H](C)N2CCc3ccccc3C2)c(Br)c1. The van der Waals surface area contributed by atoms with Gasteiger partial charge in [-0.3, -0.25) is 9.69 Å². The van der Waals surface area contributed by atoms with Gasteiger partial charge in [-0.15, -0.1) is 0 Å². The number of halogens is 1. The molecule has 0 saturated carbocycles. The van der Waals surface area contributed by atoms with Crippen molar-refractivity contribution in [2.75, 3.05) is 11.9 Å². The zero-order valence-corrected chi connectivity index (χ0v) is 15.1. The van der Waals surface area contributed by atoms with Crippen LogP contribution < -0.4 is 5.32 Å². The number of hydrogen-bond donors (Lipinski definition) is 1. The maximum Gasteiger partial charge on any atom is 0.241 e. The number of carbonyl (C=O) groups is 1. The van der Waals surface area contributed by atoms with Crippen molar-refractivity contribution in [3.8, 4) is 0 Å². The molecule has 0 radical (unpaired) electrons. The van der Waals surface area contributed by atoms with Gasteiger partial charge in [-0.05, 0) is 65.0 Å². The van der Waals surface area contributed by atoms with Crippen molar-refractivity contribution in [2.24, 2.45) is 0 Å². The van der Waals surface area contributed by atoms with Crippen molar-refractivity contribution in [2.45, 2.75) is 32.9 Å². The summed E-state index contributed by atoms with van der Waals surface area (Å²) >= 11 is 3.51. The van der Waals surface area contributed by atoms with Crippen LogP contribution in [0.1, 0.15) is 23.6 Å². The first-order valence-electron chi connectivity index (χ1n) is 7.92. The zero-order chi connectivity index (χ0) is 16.4. The van der Waals surface area contributed by atoms with E-state index in [2.05, 4.69) is 50.4 Å². The van der Waals surface area contributed by atoms with Gasteiger partial charge < -0.3 is 5.32 Å². The molecule has 0 unspecified atom stereocenters. The van der Waals surface area contributed by atoms with E-state index in [1.165, 1.54) is 11.1 Å². The van der Waals surface area contributed by atoms with Crippen molar-refractivity contribution < 1.29 is 4.79 Å². The topological polar surface area (TPSA) is 32.3 Å². The van der Waals surface area contributed by atoms with Crippen LogP contribution >= 0.6 is 15.9 Å². The Morgan fingerprint density at radius 1 is 1.22 bits per heavy atom. The third kappa shape index (κ3) is 3.65. The number of rotatable bonds is 3. The predicted molar refractivity (Wildman–Crippen MR) is 97.5 cm³/mol. The molecule has 0 aliphatic carbocycles. The van der Waals surface area contributed by atoms with Gasteiger partial charge in [-0.1, -0.05) is 30.3 Å². The Hall–Kier alpha value is -1.65. The number of nitrogens with one attached hydrogen (secondary N) is 1. The minimum atomic E-state index is -0.156. The van der Waals surface area contributed by atoms with E-state index < -0.39 is 0 Å². The van der Waals surface area contributed by atoms with Crippen LogP contribution in [0, 0.1) is 6.92 Å². The molecule has 4 heteroatoms. The van der Waals surface area contributed by atoms with E-state index in [-0.39, 0.29) is 11.9 Å². The standard InChI is InChI=1S/C19H21BrN2O/c1-13-7-8-18(17(20)11-13)21-19(23)14(2)22-10-9-15-5-3-4-6-16(15)12-22/h3-8,11,14H,9-10,12H2,1-2H3,(H,21,23)/t14-/m1/s1. The van der Waals surface area contributed by atoms with Gasteiger partial charge in [0.05, 0.1) is 11.7 Å². The van der Waals surface area contributed by atoms with E-state index in [0.717, 1.165) is 35.2 Å². The molecule has 0 fully saturated rings. The first-order valence-corrected chi connectivity index (χ1v) is 8.72. The van der Waals surface area contributed by atoms with Gasteiger partial charge in [0.15, 0.2) is 0 Å². The molecule has 1 heterocycles. The molecular weight excluding hydrogens is 352 g/mol. The van der Waals surface area contributed by atoms with E-state index in [1.807, 2.05) is 32.0 Å². The Balaban J connectivity index is 1.68. The van der Waals surface area contributed by atoms with Crippen LogP contribution in [0.3, 0.4) is 0 Å². The number of benzene rings is 2. The van der Waals surface area contributed by atoms with Gasteiger partial charge >= 0.3 is 0 Å². The minimum absolute atomic E-state index is 0.0361. The molecule has 2 aromatic carbocycles. The average Bonchev–Trinajstić information content (AvgIpc) is 2.56. The van der Waals surface area contributed by atoms with Crippen molar-refractivity contribution in [3.05, 3.63) is 63.6 Å². The lowest BCUT2D eigenvalue weighted by Gasteiger charge is -2.33. The fourth-order valence-electron chi connectivity index (χ4n) is 2.97. The van der Waals surface area contributed by atoms with Crippen molar-refractivity contribution in [1.82, 2.24) is 4.90 Å². The highest BCUT2D eigenvalue weighted by Gasteiger charge is 2.25. The van der Waals surface area contributed by atoms with Crippen LogP contribution in [0.4, 0.5) is 5.69 Å². The van der Waals surface area contributed by atoms with E-state index >= 15 is 0 Å². The summed E-state index contributed by atoms with van der Waals surface area (Å²) in [6, 6.07) is 14.3. The summed E-state index contributed by atoms with van der Waals surface area (Å²) in [6.45, 7) is 5.76. The summed E-state index contributed by atoms with van der Waals surface area (Å²) in [5.74, 6) is 0.0361. The first-order chi connectivity index (χ1) is 11.0. The summed E-state index contributed by atoms with van der Waals surface area (Å²) < 4.78 is 0.919. The number of amides is 1. The number of fused-ring (bicyclic) bond motifs is 1. The average molecular weight is 373 g/mol. The minimum Gasteiger partial charge on any atom is -0.324 e. The van der Waals surface area contributed by atoms with E-state index in [9.17, 15) is 4.79 Å². The summed E-state index contributed by atoms with van der Waals surface area (Å²) in [5, 5.41) is 3.03. The Morgan fingerprint density at radius 3 is 2.70 bits per heavy atom. The van der Waals surface area contributed by atoms with E-state index in [0.29, 0.717) is 0 Å². The van der Waals surface area contributed by atoms with Crippen molar-refractivity contribution in [1.29, 1.82) is 0 Å². The fraction of sp³-hybridized carbons (Fsp3) is 0.316. The highest BCUT2D eigenvalue weighted by molar-refractivity contribution is 9.10. The van der Waals surface area contributed by atoms with Crippen LogP contribution in [0.2, 0.25) is 0 Å². The van der Waals surface area contributed by atoms with Crippen LogP contribution in [0.25, 0.3) is 0 Å². The van der Waals surface area contributed by atoms with Crippen LogP contribution in [0.15, 0.2) is 46.9 Å². The lowest BCUT2D eigenvalue weighted by Crippen LogP contribution is -2.44. The number of aryl methyl sites for hydroxylation is 1. The first kappa shape index (κ1) is 16.2. The molecule has 0 aromatic heterocycles.